The van der Waals surface area contributed by atoms with Crippen LogP contribution in [0.5, 0.6) is 0 Å². The van der Waals surface area contributed by atoms with Crippen molar-refractivity contribution in [2.24, 2.45) is 0 Å². The van der Waals surface area contributed by atoms with Crippen LogP contribution in [0, 0.1) is 18.6 Å². The van der Waals surface area contributed by atoms with Crippen LogP contribution in [-0.4, -0.2) is 15.9 Å². The molecule has 0 fully saturated rings. The van der Waals surface area contributed by atoms with Crippen LogP contribution in [-0.2, 0) is 0 Å². The second kappa shape index (κ2) is 7.12. The lowest BCUT2D eigenvalue weighted by atomic mass is 10.3. The van der Waals surface area contributed by atoms with Crippen LogP contribution in [0.2, 0.25) is 5.15 Å². The van der Waals surface area contributed by atoms with Crippen molar-refractivity contribution in [3.63, 3.8) is 0 Å². The molecule has 128 valence electrons. The maximum absolute atomic E-state index is 13.3. The Hall–Kier alpha value is -2.58. The second-order valence-corrected chi connectivity index (χ2v) is 6.61. The Balaban J connectivity index is 1.86. The van der Waals surface area contributed by atoms with E-state index in [1.54, 1.807) is 13.0 Å². The van der Waals surface area contributed by atoms with E-state index in [0.717, 1.165) is 18.2 Å². The minimum atomic E-state index is -0.721. The SMILES string of the molecule is Cc1nc(C(=O)Nc2ccnc(Cl)c2)c(Nc2cc(F)cc(F)c2)s1. The molecule has 25 heavy (non-hydrogen) atoms. The Morgan fingerprint density at radius 2 is 1.88 bits per heavy atom. The molecule has 5 nitrogen and oxygen atoms in total. The van der Waals surface area contributed by atoms with E-state index in [-0.39, 0.29) is 16.5 Å². The van der Waals surface area contributed by atoms with Crippen LogP contribution in [0.3, 0.4) is 0 Å². The van der Waals surface area contributed by atoms with Gasteiger partial charge in [-0.2, -0.15) is 0 Å². The number of aromatic nitrogens is 2. The van der Waals surface area contributed by atoms with Crippen molar-refractivity contribution in [2.45, 2.75) is 6.92 Å². The molecular weight excluding hydrogens is 370 g/mol. The molecule has 0 unspecified atom stereocenters. The second-order valence-electron chi connectivity index (χ2n) is 5.02. The third-order valence-corrected chi connectivity index (χ3v) is 4.15. The maximum Gasteiger partial charge on any atom is 0.277 e. The topological polar surface area (TPSA) is 66.9 Å². The number of aryl methyl sites for hydroxylation is 1. The summed E-state index contributed by atoms with van der Waals surface area (Å²) >= 11 is 6.98. The average molecular weight is 381 g/mol. The summed E-state index contributed by atoms with van der Waals surface area (Å²) in [6.07, 6.45) is 1.46. The minimum Gasteiger partial charge on any atom is -0.345 e. The van der Waals surface area contributed by atoms with Gasteiger partial charge < -0.3 is 10.6 Å². The summed E-state index contributed by atoms with van der Waals surface area (Å²) in [5.41, 5.74) is 0.751. The molecule has 0 atom stereocenters. The zero-order valence-corrected chi connectivity index (χ0v) is 14.4. The average Bonchev–Trinajstić information content (AvgIpc) is 2.87. The fraction of sp³-hybridized carbons (Fsp3) is 0.0625. The predicted molar refractivity (Wildman–Crippen MR) is 93.7 cm³/mol. The van der Waals surface area contributed by atoms with Crippen molar-refractivity contribution in [3.8, 4) is 0 Å². The molecule has 0 saturated heterocycles. The number of nitrogens with zero attached hydrogens (tertiary/aromatic N) is 2. The van der Waals surface area contributed by atoms with Crippen LogP contribution in [0.15, 0.2) is 36.5 Å². The molecule has 0 aliphatic heterocycles. The highest BCUT2D eigenvalue weighted by atomic mass is 35.5. The van der Waals surface area contributed by atoms with Gasteiger partial charge in [-0.05, 0) is 31.2 Å². The van der Waals surface area contributed by atoms with E-state index in [0.29, 0.717) is 15.7 Å². The summed E-state index contributed by atoms with van der Waals surface area (Å²) in [6.45, 7) is 1.72. The zero-order chi connectivity index (χ0) is 18.0. The number of thiazole rings is 1. The lowest BCUT2D eigenvalue weighted by Crippen LogP contribution is -2.14. The zero-order valence-electron chi connectivity index (χ0n) is 12.8. The molecule has 3 rings (SSSR count). The number of hydrogen-bond acceptors (Lipinski definition) is 5. The predicted octanol–water partition coefficient (Wildman–Crippen LogP) is 4.77. The number of hydrogen-bond donors (Lipinski definition) is 2. The van der Waals surface area contributed by atoms with Gasteiger partial charge in [-0.15, -0.1) is 11.3 Å². The molecule has 2 N–H and O–H groups in total. The highest BCUT2D eigenvalue weighted by Crippen LogP contribution is 2.29. The Morgan fingerprint density at radius 1 is 1.16 bits per heavy atom. The Bertz CT molecular complexity index is 927. The standard InChI is InChI=1S/C16H11ClF2N4OS/c1-8-21-14(15(24)22-11-2-3-20-13(17)7-11)16(25-8)23-12-5-9(18)4-10(19)6-12/h2-7,23H,1H3,(H,20,22,24). The van der Waals surface area contributed by atoms with Gasteiger partial charge in [0.15, 0.2) is 5.69 Å². The van der Waals surface area contributed by atoms with Gasteiger partial charge in [-0.3, -0.25) is 4.79 Å². The molecule has 3 aromatic rings. The molecular formula is C16H11ClF2N4OS. The lowest BCUT2D eigenvalue weighted by molar-refractivity contribution is 0.102. The van der Waals surface area contributed by atoms with Gasteiger partial charge in [0.05, 0.1) is 5.01 Å². The van der Waals surface area contributed by atoms with Gasteiger partial charge >= 0.3 is 0 Å². The highest BCUT2D eigenvalue weighted by molar-refractivity contribution is 7.16. The smallest absolute Gasteiger partial charge is 0.277 e. The van der Waals surface area contributed by atoms with E-state index in [1.807, 2.05) is 0 Å². The molecule has 0 bridgehead atoms. The number of nitrogens with one attached hydrogen (secondary N) is 2. The number of rotatable bonds is 4. The fourth-order valence-corrected chi connectivity index (χ4v) is 3.10. The first-order chi connectivity index (χ1) is 11.9. The quantitative estimate of drug-likeness (QED) is 0.639. The minimum absolute atomic E-state index is 0.111. The summed E-state index contributed by atoms with van der Waals surface area (Å²) in [5.74, 6) is -1.92. The summed E-state index contributed by atoms with van der Waals surface area (Å²) in [7, 11) is 0. The number of anilines is 3. The van der Waals surface area contributed by atoms with Crippen molar-refractivity contribution in [2.75, 3.05) is 10.6 Å². The highest BCUT2D eigenvalue weighted by Gasteiger charge is 2.18. The fourth-order valence-electron chi connectivity index (χ4n) is 2.09. The molecule has 0 aliphatic carbocycles. The maximum atomic E-state index is 13.3. The first-order valence-corrected chi connectivity index (χ1v) is 8.23. The number of amides is 1. The normalized spacial score (nSPS) is 10.6. The molecule has 1 aromatic carbocycles. The van der Waals surface area contributed by atoms with E-state index in [1.165, 1.54) is 23.6 Å². The van der Waals surface area contributed by atoms with Gasteiger partial charge in [0.25, 0.3) is 5.91 Å². The monoisotopic (exact) mass is 380 g/mol. The van der Waals surface area contributed by atoms with Crippen LogP contribution in [0.4, 0.5) is 25.2 Å². The van der Waals surface area contributed by atoms with E-state index in [4.69, 9.17) is 11.6 Å². The van der Waals surface area contributed by atoms with E-state index in [2.05, 4.69) is 20.6 Å². The van der Waals surface area contributed by atoms with E-state index < -0.39 is 17.5 Å². The first-order valence-electron chi connectivity index (χ1n) is 7.04. The third kappa shape index (κ3) is 4.28. The molecule has 0 aliphatic rings. The number of carbonyl (C=O) groups excluding carboxylic acids is 1. The summed E-state index contributed by atoms with van der Waals surface area (Å²) in [4.78, 5) is 20.5. The van der Waals surface area contributed by atoms with Gasteiger partial charge in [-0.1, -0.05) is 11.6 Å². The van der Waals surface area contributed by atoms with Crippen LogP contribution in [0.25, 0.3) is 0 Å². The molecule has 0 radical (unpaired) electrons. The van der Waals surface area contributed by atoms with Crippen molar-refractivity contribution >= 4 is 45.2 Å². The van der Waals surface area contributed by atoms with Gasteiger partial charge in [-0.25, -0.2) is 18.7 Å². The lowest BCUT2D eigenvalue weighted by Gasteiger charge is -2.08. The van der Waals surface area contributed by atoms with Gasteiger partial charge in [0.1, 0.15) is 21.8 Å². The number of carbonyl (C=O) groups is 1. The van der Waals surface area contributed by atoms with E-state index >= 15 is 0 Å². The van der Waals surface area contributed by atoms with E-state index in [9.17, 15) is 13.6 Å². The number of benzene rings is 1. The number of pyridine rings is 1. The van der Waals surface area contributed by atoms with Crippen molar-refractivity contribution < 1.29 is 13.6 Å². The summed E-state index contributed by atoms with van der Waals surface area (Å²) in [5, 5.41) is 6.72. The number of halogens is 3. The molecule has 0 spiro atoms. The summed E-state index contributed by atoms with van der Waals surface area (Å²) < 4.78 is 26.7. The van der Waals surface area contributed by atoms with Gasteiger partial charge in [0.2, 0.25) is 0 Å². The van der Waals surface area contributed by atoms with Gasteiger partial charge in [0, 0.05) is 23.6 Å². The van der Waals surface area contributed by atoms with Crippen LogP contribution < -0.4 is 10.6 Å². The Labute approximate surface area is 150 Å². The molecule has 2 heterocycles. The Morgan fingerprint density at radius 3 is 2.56 bits per heavy atom. The van der Waals surface area contributed by atoms with Crippen LogP contribution >= 0.6 is 22.9 Å². The molecule has 1 amide bonds. The molecule has 0 saturated carbocycles. The van der Waals surface area contributed by atoms with Crippen molar-refractivity contribution in [1.82, 2.24) is 9.97 Å². The molecule has 2 aromatic heterocycles. The van der Waals surface area contributed by atoms with Crippen molar-refractivity contribution in [1.29, 1.82) is 0 Å². The Kier molecular flexibility index (Phi) is 4.91. The third-order valence-electron chi connectivity index (χ3n) is 3.05. The first kappa shape index (κ1) is 17.2. The molecule has 9 heteroatoms. The van der Waals surface area contributed by atoms with Crippen LogP contribution in [0.1, 0.15) is 15.5 Å². The van der Waals surface area contributed by atoms with Crippen molar-refractivity contribution in [3.05, 3.63) is 64.0 Å². The largest absolute Gasteiger partial charge is 0.345 e. The summed E-state index contributed by atoms with van der Waals surface area (Å²) in [6, 6.07) is 6.10.